The van der Waals surface area contributed by atoms with Gasteiger partial charge in [0.05, 0.1) is 10.2 Å². The van der Waals surface area contributed by atoms with Gasteiger partial charge in [-0.15, -0.1) is 11.8 Å². The number of thioether (sulfide) groups is 2. The number of likely N-dealkylation sites (tertiary alicyclic amines) is 1. The largest absolute Gasteiger partial charge is 0.385 e. The zero-order chi connectivity index (χ0) is 25.1. The van der Waals surface area contributed by atoms with E-state index in [9.17, 15) is 9.90 Å². The first kappa shape index (κ1) is 25.1. The maximum atomic E-state index is 13.4. The molecule has 186 valence electrons. The van der Waals surface area contributed by atoms with Crippen LogP contribution in [0.1, 0.15) is 34.3 Å². The zero-order valence-electron chi connectivity index (χ0n) is 19.8. The van der Waals surface area contributed by atoms with Crippen LogP contribution in [0.15, 0.2) is 76.7 Å². The Kier molecular flexibility index (Phi) is 7.57. The van der Waals surface area contributed by atoms with E-state index in [1.54, 1.807) is 41.9 Å². The molecular weight excluding hydrogens is 512 g/mol. The maximum Gasteiger partial charge on any atom is 0.254 e. The first-order chi connectivity index (χ1) is 17.4. The minimum absolute atomic E-state index is 0.00976. The molecule has 6 nitrogen and oxygen atoms in total. The number of aliphatic imine (C=N–C) groups is 1. The van der Waals surface area contributed by atoms with E-state index in [0.717, 1.165) is 21.8 Å². The highest BCUT2D eigenvalue weighted by Crippen LogP contribution is 2.38. The van der Waals surface area contributed by atoms with Gasteiger partial charge in [0.1, 0.15) is 5.82 Å². The summed E-state index contributed by atoms with van der Waals surface area (Å²) in [6.07, 6.45) is 4.68. The van der Waals surface area contributed by atoms with Crippen LogP contribution < -0.4 is 5.32 Å². The molecule has 0 saturated carbocycles. The number of nitrogens with one attached hydrogen (secondary N) is 1. The molecule has 3 aromatic rings. The Labute approximate surface area is 224 Å². The Morgan fingerprint density at radius 3 is 2.67 bits per heavy atom. The number of carbonyl (C=O) groups is 1. The monoisotopic (exact) mass is 538 g/mol. The number of aryl methyl sites for hydroxylation is 1. The Morgan fingerprint density at radius 2 is 1.94 bits per heavy atom. The van der Waals surface area contributed by atoms with Gasteiger partial charge in [0.15, 0.2) is 5.50 Å². The predicted octanol–water partition coefficient (Wildman–Crippen LogP) is 5.80. The number of hydrogen-bond donors (Lipinski definition) is 2. The van der Waals surface area contributed by atoms with Crippen molar-refractivity contribution in [1.82, 2.24) is 9.88 Å². The number of benzene rings is 2. The first-order valence-corrected chi connectivity index (χ1v) is 14.0. The summed E-state index contributed by atoms with van der Waals surface area (Å²) >= 11 is 9.39. The maximum absolute atomic E-state index is 13.4. The number of rotatable bonds is 6. The molecule has 2 N–H and O–H groups in total. The van der Waals surface area contributed by atoms with Gasteiger partial charge in [-0.3, -0.25) is 9.79 Å². The highest BCUT2D eigenvalue weighted by molar-refractivity contribution is 8.18. The summed E-state index contributed by atoms with van der Waals surface area (Å²) in [6.45, 7) is 2.97. The van der Waals surface area contributed by atoms with Crippen LogP contribution in [0.2, 0.25) is 5.02 Å². The zero-order valence-corrected chi connectivity index (χ0v) is 22.2. The highest BCUT2D eigenvalue weighted by atomic mass is 35.5. The summed E-state index contributed by atoms with van der Waals surface area (Å²) < 4.78 is 0.140. The Balaban J connectivity index is 1.20. The van der Waals surface area contributed by atoms with Crippen molar-refractivity contribution in [2.24, 2.45) is 4.99 Å². The molecule has 0 bridgehead atoms. The topological polar surface area (TPSA) is 77.8 Å². The van der Waals surface area contributed by atoms with Gasteiger partial charge in [-0.25, -0.2) is 4.98 Å². The lowest BCUT2D eigenvalue weighted by Gasteiger charge is -2.38. The summed E-state index contributed by atoms with van der Waals surface area (Å²) in [5.74, 6) is 0.807. The van der Waals surface area contributed by atoms with E-state index in [1.807, 2.05) is 60.5 Å². The summed E-state index contributed by atoms with van der Waals surface area (Å²) in [7, 11) is 0. The number of anilines is 1. The SMILES string of the molecule is Cc1ccc(SC2C=NC(Nc3ccccn3)S2)cc1C(=O)N1CCC(O)(c2ccc(Cl)cc2)CC1. The molecule has 2 atom stereocenters. The van der Waals surface area contributed by atoms with Gasteiger partial charge in [-0.2, -0.15) is 0 Å². The molecule has 0 aliphatic carbocycles. The van der Waals surface area contributed by atoms with Gasteiger partial charge in [0.25, 0.3) is 5.91 Å². The molecule has 2 aliphatic rings. The molecule has 2 unspecified atom stereocenters. The molecule has 2 aliphatic heterocycles. The average molecular weight is 539 g/mol. The van der Waals surface area contributed by atoms with Crippen molar-refractivity contribution in [1.29, 1.82) is 0 Å². The van der Waals surface area contributed by atoms with Crippen LogP contribution in [-0.4, -0.2) is 50.3 Å². The fraction of sp³-hybridized carbons (Fsp3) is 0.296. The molecule has 5 rings (SSSR count). The van der Waals surface area contributed by atoms with Crippen molar-refractivity contribution in [2.45, 2.75) is 40.3 Å². The second-order valence-corrected chi connectivity index (χ2v) is 12.1. The Hall–Kier alpha value is -2.52. The molecular formula is C27H27ClN4O2S2. The second-order valence-electron chi connectivity index (χ2n) is 8.94. The molecule has 3 heterocycles. The van der Waals surface area contributed by atoms with Crippen molar-refractivity contribution in [2.75, 3.05) is 18.4 Å². The van der Waals surface area contributed by atoms with Gasteiger partial charge in [0.2, 0.25) is 0 Å². The molecule has 1 amide bonds. The highest BCUT2D eigenvalue weighted by Gasteiger charge is 2.36. The van der Waals surface area contributed by atoms with Crippen LogP contribution in [0, 0.1) is 6.92 Å². The van der Waals surface area contributed by atoms with Gasteiger partial charge in [-0.1, -0.05) is 47.6 Å². The van der Waals surface area contributed by atoms with Crippen molar-refractivity contribution >= 4 is 53.1 Å². The third-order valence-corrected chi connectivity index (χ3v) is 9.13. The minimum atomic E-state index is -0.938. The normalized spacial score (nSPS) is 20.9. The molecule has 1 fully saturated rings. The summed E-state index contributed by atoms with van der Waals surface area (Å²) in [4.78, 5) is 25.2. The van der Waals surface area contributed by atoms with Crippen LogP contribution in [0.25, 0.3) is 0 Å². The van der Waals surface area contributed by atoms with Gasteiger partial charge < -0.3 is 15.3 Å². The fourth-order valence-electron chi connectivity index (χ4n) is 4.39. The number of nitrogens with zero attached hydrogens (tertiary/aromatic N) is 3. The van der Waals surface area contributed by atoms with Crippen LogP contribution in [0.5, 0.6) is 0 Å². The number of halogens is 1. The molecule has 36 heavy (non-hydrogen) atoms. The molecule has 1 saturated heterocycles. The quantitative estimate of drug-likeness (QED) is 0.413. The minimum Gasteiger partial charge on any atom is -0.385 e. The van der Waals surface area contributed by atoms with E-state index in [1.165, 1.54) is 0 Å². The van der Waals surface area contributed by atoms with E-state index in [0.29, 0.717) is 36.5 Å². The number of pyridine rings is 1. The first-order valence-electron chi connectivity index (χ1n) is 11.8. The van der Waals surface area contributed by atoms with Crippen LogP contribution in [0.3, 0.4) is 0 Å². The van der Waals surface area contributed by atoms with Crippen molar-refractivity contribution < 1.29 is 9.90 Å². The van der Waals surface area contributed by atoms with Crippen LogP contribution in [-0.2, 0) is 5.60 Å². The average Bonchev–Trinajstić information content (AvgIpc) is 3.32. The number of piperidine rings is 1. The van der Waals surface area contributed by atoms with E-state index in [4.69, 9.17) is 11.6 Å². The number of amides is 1. The van der Waals surface area contributed by atoms with Crippen LogP contribution >= 0.6 is 35.1 Å². The second kappa shape index (κ2) is 10.8. The van der Waals surface area contributed by atoms with E-state index < -0.39 is 5.60 Å². The summed E-state index contributed by atoms with van der Waals surface area (Å²) in [5.41, 5.74) is 1.48. The Morgan fingerprint density at radius 1 is 1.17 bits per heavy atom. The number of carbonyl (C=O) groups excluding carboxylic acids is 1. The molecule has 1 aromatic heterocycles. The number of hydrogen-bond acceptors (Lipinski definition) is 7. The van der Waals surface area contributed by atoms with Crippen molar-refractivity contribution in [3.05, 3.63) is 88.6 Å². The molecule has 9 heteroatoms. The smallest absolute Gasteiger partial charge is 0.254 e. The lowest BCUT2D eigenvalue weighted by atomic mass is 9.84. The number of aromatic nitrogens is 1. The molecule has 0 spiro atoms. The third-order valence-electron chi connectivity index (χ3n) is 6.49. The lowest BCUT2D eigenvalue weighted by molar-refractivity contribution is -0.0211. The number of aliphatic hydroxyl groups is 1. The molecule has 0 radical (unpaired) electrons. The lowest BCUT2D eigenvalue weighted by Crippen LogP contribution is -2.45. The van der Waals surface area contributed by atoms with Gasteiger partial charge >= 0.3 is 0 Å². The van der Waals surface area contributed by atoms with E-state index >= 15 is 0 Å². The van der Waals surface area contributed by atoms with E-state index in [2.05, 4.69) is 21.4 Å². The molecule has 2 aromatic carbocycles. The summed E-state index contributed by atoms with van der Waals surface area (Å²) in [5, 5.41) is 15.1. The van der Waals surface area contributed by atoms with Crippen molar-refractivity contribution in [3.8, 4) is 0 Å². The summed E-state index contributed by atoms with van der Waals surface area (Å²) in [6, 6.07) is 19.1. The van der Waals surface area contributed by atoms with Crippen molar-refractivity contribution in [3.63, 3.8) is 0 Å². The third kappa shape index (κ3) is 5.72. The fourth-order valence-corrected chi connectivity index (χ4v) is 6.84. The Bertz CT molecular complexity index is 1250. The van der Waals surface area contributed by atoms with E-state index in [-0.39, 0.29) is 16.0 Å². The standard InChI is InChI=1S/C27H27ClN4O2S2/c1-18-5-10-21(35-24-17-30-26(36-24)31-23-4-2-3-13-29-23)16-22(18)25(33)32-14-11-27(34,12-15-32)19-6-8-20(28)9-7-19/h2-10,13,16-17,24,26,34H,11-12,14-15H2,1H3,(H,29,31). The van der Waals surface area contributed by atoms with Crippen LogP contribution in [0.4, 0.5) is 5.82 Å². The predicted molar refractivity (Wildman–Crippen MR) is 149 cm³/mol. The van der Waals surface area contributed by atoms with Gasteiger partial charge in [-0.05, 0) is 67.3 Å². The van der Waals surface area contributed by atoms with Gasteiger partial charge in [0, 0.05) is 41.0 Å².